The first-order chi connectivity index (χ1) is 14.5. The monoisotopic (exact) mass is 425 g/mol. The summed E-state index contributed by atoms with van der Waals surface area (Å²) in [6, 6.07) is 13.5. The highest BCUT2D eigenvalue weighted by molar-refractivity contribution is 5.81. The molecule has 1 amide bonds. The highest BCUT2D eigenvalue weighted by atomic mass is 16.5. The van der Waals surface area contributed by atoms with E-state index < -0.39 is 6.10 Å². The molecule has 2 atom stereocenters. The summed E-state index contributed by atoms with van der Waals surface area (Å²) in [4.78, 5) is 13.1. The Morgan fingerprint density at radius 1 is 1.16 bits per heavy atom. The van der Waals surface area contributed by atoms with Gasteiger partial charge in [-0.15, -0.1) is 0 Å². The molecule has 0 aromatic heterocycles. The number of carbonyl (C=O) groups excluding carboxylic acids is 1. The minimum Gasteiger partial charge on any atom is -0.497 e. The van der Waals surface area contributed by atoms with Crippen LogP contribution in [0.2, 0.25) is 0 Å². The van der Waals surface area contributed by atoms with Crippen molar-refractivity contribution in [3.63, 3.8) is 0 Å². The number of benzene rings is 2. The molecule has 0 bridgehead atoms. The van der Waals surface area contributed by atoms with Crippen LogP contribution in [0.15, 0.2) is 42.5 Å². The molecule has 0 fully saturated rings. The molecule has 1 aliphatic heterocycles. The van der Waals surface area contributed by atoms with Crippen molar-refractivity contribution >= 4 is 5.91 Å². The van der Waals surface area contributed by atoms with Gasteiger partial charge in [0.05, 0.1) is 13.2 Å². The van der Waals surface area contributed by atoms with Crippen LogP contribution in [0.1, 0.15) is 71.6 Å². The van der Waals surface area contributed by atoms with E-state index in [0.717, 1.165) is 17.1 Å². The van der Waals surface area contributed by atoms with E-state index in [1.165, 1.54) is 5.56 Å². The van der Waals surface area contributed by atoms with Gasteiger partial charge in [0.25, 0.3) is 5.91 Å². The molecule has 0 unspecified atom stereocenters. The Kier molecular flexibility index (Phi) is 6.54. The van der Waals surface area contributed by atoms with Crippen LogP contribution in [-0.2, 0) is 10.2 Å². The van der Waals surface area contributed by atoms with Gasteiger partial charge in [-0.25, -0.2) is 0 Å². The minimum atomic E-state index is -0.569. The van der Waals surface area contributed by atoms with Crippen molar-refractivity contribution < 1.29 is 19.0 Å². The van der Waals surface area contributed by atoms with Gasteiger partial charge in [0.2, 0.25) is 0 Å². The van der Waals surface area contributed by atoms with Crippen molar-refractivity contribution in [1.82, 2.24) is 5.32 Å². The average molecular weight is 426 g/mol. The van der Waals surface area contributed by atoms with E-state index in [1.807, 2.05) is 51.1 Å². The average Bonchev–Trinajstić information content (AvgIpc) is 2.70. The zero-order chi connectivity index (χ0) is 22.8. The standard InChI is InChI=1S/C26H35NO4/c1-8-22(30-18-11-9-17(10-12-18)25(2,3)4)24(28)27-21-16-26(5,6)31-23-14-13-19(29-7)15-20(21)23/h9-15,21-22H,8,16H2,1-7H3,(H,27,28)/t21-,22+/m0/s1. The van der Waals surface area contributed by atoms with E-state index in [-0.39, 0.29) is 23.0 Å². The van der Waals surface area contributed by atoms with Crippen molar-refractivity contribution in [2.45, 2.75) is 77.5 Å². The van der Waals surface area contributed by atoms with Crippen molar-refractivity contribution in [3.05, 3.63) is 53.6 Å². The third kappa shape index (κ3) is 5.52. The number of rotatable bonds is 6. The number of nitrogens with one attached hydrogen (secondary N) is 1. The molecule has 5 heteroatoms. The van der Waals surface area contributed by atoms with Crippen LogP contribution >= 0.6 is 0 Å². The lowest BCUT2D eigenvalue weighted by Gasteiger charge is -2.38. The maximum atomic E-state index is 13.1. The molecule has 0 saturated heterocycles. The number of fused-ring (bicyclic) bond motifs is 1. The number of methoxy groups -OCH3 is 1. The lowest BCUT2D eigenvalue weighted by molar-refractivity contribution is -0.129. The van der Waals surface area contributed by atoms with Crippen molar-refractivity contribution in [2.75, 3.05) is 7.11 Å². The Labute approximate surface area is 186 Å². The summed E-state index contributed by atoms with van der Waals surface area (Å²) in [6.45, 7) is 12.5. The fraction of sp³-hybridized carbons (Fsp3) is 0.500. The zero-order valence-electron chi connectivity index (χ0n) is 19.7. The topological polar surface area (TPSA) is 56.8 Å². The molecule has 0 saturated carbocycles. The normalized spacial score (nSPS) is 18.4. The first kappa shape index (κ1) is 23.0. The predicted molar refractivity (Wildman–Crippen MR) is 123 cm³/mol. The van der Waals surface area contributed by atoms with Gasteiger partial charge >= 0.3 is 0 Å². The van der Waals surface area contributed by atoms with Gasteiger partial charge in [-0.05, 0) is 61.6 Å². The third-order valence-corrected chi connectivity index (χ3v) is 5.65. The molecule has 2 aromatic carbocycles. The molecule has 0 radical (unpaired) electrons. The highest BCUT2D eigenvalue weighted by Gasteiger charge is 2.36. The maximum Gasteiger partial charge on any atom is 0.261 e. The molecular weight excluding hydrogens is 390 g/mol. The number of carbonyl (C=O) groups is 1. The fourth-order valence-corrected chi connectivity index (χ4v) is 3.87. The Balaban J connectivity index is 1.76. The van der Waals surface area contributed by atoms with Crippen LogP contribution in [0.5, 0.6) is 17.2 Å². The van der Waals surface area contributed by atoms with E-state index in [0.29, 0.717) is 18.6 Å². The molecule has 3 rings (SSSR count). The van der Waals surface area contributed by atoms with Crippen molar-refractivity contribution in [1.29, 1.82) is 0 Å². The van der Waals surface area contributed by atoms with E-state index >= 15 is 0 Å². The van der Waals surface area contributed by atoms with Crippen LogP contribution in [0, 0.1) is 0 Å². The number of amides is 1. The first-order valence-corrected chi connectivity index (χ1v) is 11.0. The lowest BCUT2D eigenvalue weighted by Crippen LogP contribution is -2.45. The second-order valence-corrected chi connectivity index (χ2v) is 9.82. The van der Waals surface area contributed by atoms with Crippen LogP contribution in [0.25, 0.3) is 0 Å². The van der Waals surface area contributed by atoms with Crippen LogP contribution in [0.4, 0.5) is 0 Å². The lowest BCUT2D eigenvalue weighted by atomic mass is 9.87. The number of hydrogen-bond acceptors (Lipinski definition) is 4. The fourth-order valence-electron chi connectivity index (χ4n) is 3.87. The number of ether oxygens (including phenoxy) is 3. The largest absolute Gasteiger partial charge is 0.497 e. The van der Waals surface area contributed by atoms with Gasteiger partial charge in [-0.1, -0.05) is 39.8 Å². The van der Waals surface area contributed by atoms with Crippen LogP contribution < -0.4 is 19.5 Å². The summed E-state index contributed by atoms with van der Waals surface area (Å²) in [5.41, 5.74) is 1.85. The summed E-state index contributed by atoms with van der Waals surface area (Å²) >= 11 is 0. The highest BCUT2D eigenvalue weighted by Crippen LogP contribution is 2.41. The van der Waals surface area contributed by atoms with Gasteiger partial charge in [-0.3, -0.25) is 4.79 Å². The molecule has 31 heavy (non-hydrogen) atoms. The van der Waals surface area contributed by atoms with E-state index in [1.54, 1.807) is 7.11 Å². The second kappa shape index (κ2) is 8.81. The Morgan fingerprint density at radius 3 is 2.39 bits per heavy atom. The quantitative estimate of drug-likeness (QED) is 0.657. The second-order valence-electron chi connectivity index (χ2n) is 9.82. The summed E-state index contributed by atoms with van der Waals surface area (Å²) in [7, 11) is 1.63. The Morgan fingerprint density at radius 2 is 1.81 bits per heavy atom. The molecular formula is C26H35NO4. The molecule has 0 aliphatic carbocycles. The first-order valence-electron chi connectivity index (χ1n) is 11.0. The summed E-state index contributed by atoms with van der Waals surface area (Å²) < 4.78 is 17.5. The smallest absolute Gasteiger partial charge is 0.261 e. The van der Waals surface area contributed by atoms with Crippen molar-refractivity contribution in [3.8, 4) is 17.2 Å². The van der Waals surface area contributed by atoms with Gasteiger partial charge in [-0.2, -0.15) is 0 Å². The predicted octanol–water partition coefficient (Wildman–Crippen LogP) is 5.57. The van der Waals surface area contributed by atoms with E-state index in [9.17, 15) is 4.79 Å². The molecule has 1 aliphatic rings. The molecule has 168 valence electrons. The van der Waals surface area contributed by atoms with E-state index in [2.05, 4.69) is 38.2 Å². The molecule has 1 N–H and O–H groups in total. The van der Waals surface area contributed by atoms with Gasteiger partial charge < -0.3 is 19.5 Å². The summed E-state index contributed by atoms with van der Waals surface area (Å²) in [5.74, 6) is 2.08. The third-order valence-electron chi connectivity index (χ3n) is 5.65. The zero-order valence-corrected chi connectivity index (χ0v) is 19.7. The molecule has 5 nitrogen and oxygen atoms in total. The Hall–Kier alpha value is -2.69. The summed E-state index contributed by atoms with van der Waals surface area (Å²) in [5, 5.41) is 3.19. The minimum absolute atomic E-state index is 0.0738. The van der Waals surface area contributed by atoms with Gasteiger partial charge in [0.1, 0.15) is 22.8 Å². The maximum absolute atomic E-state index is 13.1. The van der Waals surface area contributed by atoms with Crippen LogP contribution in [0.3, 0.4) is 0 Å². The Bertz CT molecular complexity index is 912. The number of hydrogen-bond donors (Lipinski definition) is 1. The van der Waals surface area contributed by atoms with Gasteiger partial charge in [0.15, 0.2) is 6.10 Å². The van der Waals surface area contributed by atoms with Crippen LogP contribution in [-0.4, -0.2) is 24.7 Å². The molecule has 1 heterocycles. The SMILES string of the molecule is CC[C@@H](Oc1ccc(C(C)(C)C)cc1)C(=O)N[C@H]1CC(C)(C)Oc2ccc(OC)cc21. The molecule has 0 spiro atoms. The summed E-state index contributed by atoms with van der Waals surface area (Å²) in [6.07, 6.45) is 0.667. The van der Waals surface area contributed by atoms with Gasteiger partial charge in [0, 0.05) is 12.0 Å². The van der Waals surface area contributed by atoms with Crippen molar-refractivity contribution in [2.24, 2.45) is 0 Å². The molecule has 2 aromatic rings. The van der Waals surface area contributed by atoms with E-state index in [4.69, 9.17) is 14.2 Å².